The van der Waals surface area contributed by atoms with Crippen molar-refractivity contribution in [3.63, 3.8) is 0 Å². The maximum Gasteiger partial charge on any atom is 0.255 e. The van der Waals surface area contributed by atoms with Crippen molar-refractivity contribution in [2.45, 2.75) is 6.43 Å². The minimum absolute atomic E-state index is 0.185. The van der Waals surface area contributed by atoms with E-state index in [0.717, 1.165) is 0 Å². The number of hydrogen-bond acceptors (Lipinski definition) is 2. The second kappa shape index (κ2) is 5.06. The van der Waals surface area contributed by atoms with Crippen molar-refractivity contribution in [3.05, 3.63) is 28.2 Å². The first-order valence-corrected chi connectivity index (χ1v) is 4.91. The van der Waals surface area contributed by atoms with Crippen LogP contribution in [0.25, 0.3) is 0 Å². The standard InChI is InChI=1S/C9H9BrF2N2O/c10-5-1-2-7(13)6(3-5)9(15)14-4-8(11)12/h1-3,8H,4,13H2,(H,14,15). The third kappa shape index (κ3) is 3.47. The summed E-state index contributed by atoms with van der Waals surface area (Å²) in [6.07, 6.45) is -2.57. The SMILES string of the molecule is Nc1ccc(Br)cc1C(=O)NCC(F)F. The first-order valence-electron chi connectivity index (χ1n) is 4.12. The molecule has 1 amide bonds. The fourth-order valence-electron chi connectivity index (χ4n) is 0.990. The molecular weight excluding hydrogens is 270 g/mol. The first kappa shape index (κ1) is 11.9. The predicted molar refractivity (Wildman–Crippen MR) is 56.9 cm³/mol. The van der Waals surface area contributed by atoms with Crippen LogP contribution < -0.4 is 11.1 Å². The molecule has 3 nitrogen and oxygen atoms in total. The molecule has 0 spiro atoms. The minimum Gasteiger partial charge on any atom is -0.398 e. The van der Waals surface area contributed by atoms with Crippen LogP contribution in [-0.4, -0.2) is 18.9 Å². The summed E-state index contributed by atoms with van der Waals surface area (Å²) in [7, 11) is 0. The molecule has 0 fully saturated rings. The Balaban J connectivity index is 2.77. The van der Waals surface area contributed by atoms with E-state index in [1.165, 1.54) is 12.1 Å². The van der Waals surface area contributed by atoms with Gasteiger partial charge in [-0.25, -0.2) is 8.78 Å². The highest BCUT2D eigenvalue weighted by atomic mass is 79.9. The van der Waals surface area contributed by atoms with Crippen LogP contribution in [-0.2, 0) is 0 Å². The second-order valence-electron chi connectivity index (χ2n) is 2.83. The Morgan fingerprint density at radius 3 is 2.80 bits per heavy atom. The number of nitrogens with two attached hydrogens (primary N) is 1. The van der Waals surface area contributed by atoms with Gasteiger partial charge in [0.1, 0.15) is 0 Å². The van der Waals surface area contributed by atoms with Gasteiger partial charge < -0.3 is 11.1 Å². The number of benzene rings is 1. The van der Waals surface area contributed by atoms with Crippen molar-refractivity contribution in [1.29, 1.82) is 0 Å². The van der Waals surface area contributed by atoms with E-state index < -0.39 is 18.9 Å². The Hall–Kier alpha value is -1.17. The van der Waals surface area contributed by atoms with Gasteiger partial charge in [-0.05, 0) is 18.2 Å². The minimum atomic E-state index is -2.57. The zero-order chi connectivity index (χ0) is 11.4. The topological polar surface area (TPSA) is 55.1 Å². The number of nitrogen functional groups attached to an aromatic ring is 1. The summed E-state index contributed by atoms with van der Waals surface area (Å²) < 4.78 is 24.3. The molecule has 0 saturated heterocycles. The Morgan fingerprint density at radius 1 is 1.53 bits per heavy atom. The summed E-state index contributed by atoms with van der Waals surface area (Å²) in [6, 6.07) is 4.68. The van der Waals surface area contributed by atoms with Crippen LogP contribution in [0.3, 0.4) is 0 Å². The largest absolute Gasteiger partial charge is 0.398 e. The van der Waals surface area contributed by atoms with Crippen molar-refractivity contribution < 1.29 is 13.6 Å². The van der Waals surface area contributed by atoms with Gasteiger partial charge in [0.05, 0.1) is 12.1 Å². The van der Waals surface area contributed by atoms with E-state index in [2.05, 4.69) is 21.2 Å². The van der Waals surface area contributed by atoms with E-state index in [-0.39, 0.29) is 11.3 Å². The van der Waals surface area contributed by atoms with Crippen molar-refractivity contribution in [1.82, 2.24) is 5.32 Å². The fraction of sp³-hybridized carbons (Fsp3) is 0.222. The molecule has 0 bridgehead atoms. The molecule has 6 heteroatoms. The molecule has 0 atom stereocenters. The zero-order valence-electron chi connectivity index (χ0n) is 7.64. The van der Waals surface area contributed by atoms with Crippen molar-refractivity contribution in [2.24, 2.45) is 0 Å². The molecule has 15 heavy (non-hydrogen) atoms. The molecule has 0 aliphatic heterocycles. The Morgan fingerprint density at radius 2 is 2.20 bits per heavy atom. The number of carbonyl (C=O) groups is 1. The van der Waals surface area contributed by atoms with Gasteiger partial charge in [-0.15, -0.1) is 0 Å². The summed E-state index contributed by atoms with van der Waals surface area (Å²) in [4.78, 5) is 11.4. The van der Waals surface area contributed by atoms with Gasteiger partial charge in [0.25, 0.3) is 12.3 Å². The maximum absolute atomic E-state index is 11.8. The fourth-order valence-corrected chi connectivity index (χ4v) is 1.35. The van der Waals surface area contributed by atoms with Gasteiger partial charge >= 0.3 is 0 Å². The van der Waals surface area contributed by atoms with Gasteiger partial charge in [0, 0.05) is 10.2 Å². The third-order valence-electron chi connectivity index (χ3n) is 1.68. The van der Waals surface area contributed by atoms with E-state index >= 15 is 0 Å². The molecule has 0 aliphatic carbocycles. The van der Waals surface area contributed by atoms with Crippen LogP contribution in [0.5, 0.6) is 0 Å². The van der Waals surface area contributed by atoms with Gasteiger partial charge in [-0.1, -0.05) is 15.9 Å². The smallest absolute Gasteiger partial charge is 0.255 e. The van der Waals surface area contributed by atoms with Crippen LogP contribution in [0, 0.1) is 0 Å². The zero-order valence-corrected chi connectivity index (χ0v) is 9.22. The van der Waals surface area contributed by atoms with Crippen LogP contribution in [0.2, 0.25) is 0 Å². The van der Waals surface area contributed by atoms with E-state index in [1.54, 1.807) is 6.07 Å². The summed E-state index contributed by atoms with van der Waals surface area (Å²) >= 11 is 3.16. The van der Waals surface area contributed by atoms with E-state index in [4.69, 9.17) is 5.73 Å². The molecule has 0 unspecified atom stereocenters. The van der Waals surface area contributed by atoms with Crippen molar-refractivity contribution in [2.75, 3.05) is 12.3 Å². The molecule has 1 rings (SSSR count). The summed E-state index contributed by atoms with van der Waals surface area (Å²) in [6.45, 7) is -0.676. The molecule has 0 heterocycles. The number of rotatable bonds is 3. The lowest BCUT2D eigenvalue weighted by Crippen LogP contribution is -2.29. The normalized spacial score (nSPS) is 10.4. The number of amides is 1. The van der Waals surface area contributed by atoms with Crippen LogP contribution >= 0.6 is 15.9 Å². The average molecular weight is 279 g/mol. The lowest BCUT2D eigenvalue weighted by molar-refractivity contribution is 0.0892. The Bertz CT molecular complexity index is 371. The molecular formula is C9H9BrF2N2O. The number of halogens is 3. The highest BCUT2D eigenvalue weighted by Crippen LogP contribution is 2.18. The average Bonchev–Trinajstić information content (AvgIpc) is 2.18. The molecule has 0 saturated carbocycles. The number of anilines is 1. The molecule has 0 radical (unpaired) electrons. The van der Waals surface area contributed by atoms with E-state index in [0.29, 0.717) is 4.47 Å². The van der Waals surface area contributed by atoms with Crippen LogP contribution in [0.15, 0.2) is 22.7 Å². The predicted octanol–water partition coefficient (Wildman–Crippen LogP) is 2.03. The quantitative estimate of drug-likeness (QED) is 0.832. The lowest BCUT2D eigenvalue weighted by atomic mass is 10.1. The Labute approximate surface area is 93.8 Å². The van der Waals surface area contributed by atoms with Crippen LogP contribution in [0.4, 0.5) is 14.5 Å². The number of hydrogen-bond donors (Lipinski definition) is 2. The molecule has 1 aromatic rings. The van der Waals surface area contributed by atoms with Gasteiger partial charge in [-0.2, -0.15) is 0 Å². The highest BCUT2D eigenvalue weighted by molar-refractivity contribution is 9.10. The van der Waals surface area contributed by atoms with E-state index in [9.17, 15) is 13.6 Å². The van der Waals surface area contributed by atoms with Crippen molar-refractivity contribution >= 4 is 27.5 Å². The first-order chi connectivity index (χ1) is 7.00. The molecule has 1 aromatic carbocycles. The Kier molecular flexibility index (Phi) is 4.02. The van der Waals surface area contributed by atoms with Gasteiger partial charge in [0.15, 0.2) is 0 Å². The molecule has 3 N–H and O–H groups in total. The lowest BCUT2D eigenvalue weighted by Gasteiger charge is -2.07. The van der Waals surface area contributed by atoms with E-state index in [1.807, 2.05) is 0 Å². The number of nitrogens with one attached hydrogen (secondary N) is 1. The second-order valence-corrected chi connectivity index (χ2v) is 3.75. The summed E-state index contributed by atoms with van der Waals surface area (Å²) in [5.41, 5.74) is 5.97. The maximum atomic E-state index is 11.8. The highest BCUT2D eigenvalue weighted by Gasteiger charge is 2.11. The van der Waals surface area contributed by atoms with Gasteiger partial charge in [-0.3, -0.25) is 4.79 Å². The van der Waals surface area contributed by atoms with Gasteiger partial charge in [0.2, 0.25) is 0 Å². The molecule has 0 aliphatic rings. The number of carbonyl (C=O) groups excluding carboxylic acids is 1. The molecule has 0 aromatic heterocycles. The summed E-state index contributed by atoms with van der Waals surface area (Å²) in [5, 5.41) is 2.08. The molecule has 82 valence electrons. The van der Waals surface area contributed by atoms with Crippen molar-refractivity contribution in [3.8, 4) is 0 Å². The summed E-state index contributed by atoms with van der Waals surface area (Å²) in [5.74, 6) is -0.603. The number of alkyl halides is 2. The van der Waals surface area contributed by atoms with Crippen LogP contribution in [0.1, 0.15) is 10.4 Å². The third-order valence-corrected chi connectivity index (χ3v) is 2.17. The monoisotopic (exact) mass is 278 g/mol.